The van der Waals surface area contributed by atoms with Crippen molar-refractivity contribution in [3.05, 3.63) is 0 Å². The van der Waals surface area contributed by atoms with Gasteiger partial charge in [-0.2, -0.15) is 0 Å². The van der Waals surface area contributed by atoms with E-state index in [2.05, 4.69) is 19.8 Å². The number of rotatable bonds is 6. The third-order valence-corrected chi connectivity index (χ3v) is 1.78. The minimum atomic E-state index is 0.360. The molecular formula is C11H18O. The van der Waals surface area contributed by atoms with Gasteiger partial charge in [0, 0.05) is 19.3 Å². The van der Waals surface area contributed by atoms with Gasteiger partial charge in [0.05, 0.1) is 0 Å². The van der Waals surface area contributed by atoms with E-state index in [0.29, 0.717) is 18.1 Å². The van der Waals surface area contributed by atoms with Crippen LogP contribution in [0.4, 0.5) is 0 Å². The van der Waals surface area contributed by atoms with Crippen molar-refractivity contribution in [3.63, 3.8) is 0 Å². The molecule has 0 fully saturated rings. The summed E-state index contributed by atoms with van der Waals surface area (Å²) in [5.41, 5.74) is 0. The van der Waals surface area contributed by atoms with Gasteiger partial charge in [-0.1, -0.05) is 13.8 Å². The molecule has 0 aliphatic carbocycles. The molecular weight excluding hydrogens is 148 g/mol. The van der Waals surface area contributed by atoms with E-state index >= 15 is 0 Å². The molecule has 0 radical (unpaired) electrons. The van der Waals surface area contributed by atoms with Crippen LogP contribution in [0.2, 0.25) is 0 Å². The number of unbranched alkanes of at least 4 members (excludes halogenated alkanes) is 1. The molecule has 0 bridgehead atoms. The fraction of sp³-hybridized carbons (Fsp3) is 0.727. The van der Waals surface area contributed by atoms with Gasteiger partial charge in [0.25, 0.3) is 0 Å². The van der Waals surface area contributed by atoms with Crippen LogP contribution in [0, 0.1) is 18.3 Å². The van der Waals surface area contributed by atoms with Crippen LogP contribution in [0.1, 0.15) is 46.0 Å². The molecule has 0 rings (SSSR count). The molecule has 0 unspecified atom stereocenters. The number of Topliss-reactive ketones (excluding diaryl/α,β-unsaturated/α-hetero) is 1. The van der Waals surface area contributed by atoms with Crippen LogP contribution in [-0.2, 0) is 4.79 Å². The second-order valence-corrected chi connectivity index (χ2v) is 3.53. The predicted octanol–water partition coefficient (Wildman–Crippen LogP) is 2.80. The smallest absolute Gasteiger partial charge is 0.132 e. The second-order valence-electron chi connectivity index (χ2n) is 3.53. The Morgan fingerprint density at radius 3 is 2.58 bits per heavy atom. The van der Waals surface area contributed by atoms with E-state index in [1.165, 1.54) is 0 Å². The van der Waals surface area contributed by atoms with Gasteiger partial charge in [0.1, 0.15) is 5.78 Å². The molecule has 0 aromatic heterocycles. The highest BCUT2D eigenvalue weighted by molar-refractivity contribution is 5.78. The van der Waals surface area contributed by atoms with E-state index < -0.39 is 0 Å². The van der Waals surface area contributed by atoms with Gasteiger partial charge in [-0.25, -0.2) is 0 Å². The van der Waals surface area contributed by atoms with Gasteiger partial charge in [0.2, 0.25) is 0 Å². The summed E-state index contributed by atoms with van der Waals surface area (Å²) in [6, 6.07) is 0. The highest BCUT2D eigenvalue weighted by Gasteiger charge is 2.02. The molecule has 0 spiro atoms. The van der Waals surface area contributed by atoms with Gasteiger partial charge < -0.3 is 0 Å². The highest BCUT2D eigenvalue weighted by Crippen LogP contribution is 2.07. The zero-order valence-electron chi connectivity index (χ0n) is 8.10. The number of ketones is 1. The Hall–Kier alpha value is -0.770. The zero-order chi connectivity index (χ0) is 9.40. The normalized spacial score (nSPS) is 9.83. The number of terminal acetylenes is 1. The monoisotopic (exact) mass is 166 g/mol. The Bertz CT molecular complexity index is 162. The Morgan fingerprint density at radius 2 is 2.08 bits per heavy atom. The van der Waals surface area contributed by atoms with Gasteiger partial charge in [-0.3, -0.25) is 4.79 Å². The Labute approximate surface area is 75.5 Å². The predicted molar refractivity (Wildman–Crippen MR) is 51.8 cm³/mol. The van der Waals surface area contributed by atoms with Crippen LogP contribution >= 0.6 is 0 Å². The number of hydrogen-bond acceptors (Lipinski definition) is 1. The first-order chi connectivity index (χ1) is 5.66. The molecule has 0 heterocycles. The van der Waals surface area contributed by atoms with Crippen molar-refractivity contribution in [2.24, 2.45) is 5.92 Å². The maximum absolute atomic E-state index is 11.2. The Morgan fingerprint density at radius 1 is 1.42 bits per heavy atom. The molecule has 0 aromatic rings. The first-order valence-electron chi connectivity index (χ1n) is 4.62. The van der Waals surface area contributed by atoms with Gasteiger partial charge >= 0.3 is 0 Å². The highest BCUT2D eigenvalue weighted by atomic mass is 16.1. The van der Waals surface area contributed by atoms with E-state index in [0.717, 1.165) is 25.7 Å². The summed E-state index contributed by atoms with van der Waals surface area (Å²) in [5.74, 6) is 3.52. The minimum Gasteiger partial charge on any atom is -0.300 e. The average molecular weight is 166 g/mol. The topological polar surface area (TPSA) is 17.1 Å². The van der Waals surface area contributed by atoms with Gasteiger partial charge in [-0.05, 0) is 18.8 Å². The summed E-state index contributed by atoms with van der Waals surface area (Å²) in [6.45, 7) is 4.27. The molecule has 1 heteroatoms. The molecule has 0 saturated heterocycles. The van der Waals surface area contributed by atoms with Crippen LogP contribution in [0.5, 0.6) is 0 Å². The quantitative estimate of drug-likeness (QED) is 0.438. The fourth-order valence-electron chi connectivity index (χ4n) is 0.962. The molecule has 0 aromatic carbocycles. The number of carbonyl (C=O) groups excluding carboxylic acids is 1. The Kier molecular flexibility index (Phi) is 6.47. The standard InChI is InChI=1S/C11H18O/c1-4-5-6-7-11(12)9-8-10(2)3/h1,10H,5-9H2,2-3H3. The number of hydrogen-bond donors (Lipinski definition) is 0. The van der Waals surface area contributed by atoms with E-state index in [9.17, 15) is 4.79 Å². The van der Waals surface area contributed by atoms with Crippen molar-refractivity contribution in [3.8, 4) is 12.3 Å². The summed E-state index contributed by atoms with van der Waals surface area (Å²) in [5, 5.41) is 0. The van der Waals surface area contributed by atoms with Crippen LogP contribution < -0.4 is 0 Å². The van der Waals surface area contributed by atoms with E-state index in [1.54, 1.807) is 0 Å². The summed E-state index contributed by atoms with van der Waals surface area (Å²) in [7, 11) is 0. The maximum atomic E-state index is 11.2. The Balaban J connectivity index is 3.29. The van der Waals surface area contributed by atoms with Gasteiger partial charge in [-0.15, -0.1) is 12.3 Å². The molecule has 0 N–H and O–H groups in total. The van der Waals surface area contributed by atoms with Crippen molar-refractivity contribution in [2.45, 2.75) is 46.0 Å². The maximum Gasteiger partial charge on any atom is 0.132 e. The van der Waals surface area contributed by atoms with E-state index in [4.69, 9.17) is 6.42 Å². The molecule has 0 amide bonds. The molecule has 0 aliphatic rings. The van der Waals surface area contributed by atoms with Crippen molar-refractivity contribution >= 4 is 5.78 Å². The average Bonchev–Trinajstić information content (AvgIpc) is 2.01. The van der Waals surface area contributed by atoms with E-state index in [-0.39, 0.29) is 0 Å². The largest absolute Gasteiger partial charge is 0.300 e. The van der Waals surface area contributed by atoms with Crippen molar-refractivity contribution in [1.29, 1.82) is 0 Å². The third kappa shape index (κ3) is 7.34. The lowest BCUT2D eigenvalue weighted by molar-refractivity contribution is -0.119. The van der Waals surface area contributed by atoms with Gasteiger partial charge in [0.15, 0.2) is 0 Å². The lowest BCUT2D eigenvalue weighted by Gasteiger charge is -2.02. The summed E-state index contributed by atoms with van der Waals surface area (Å²) in [6.07, 6.45) is 9.06. The minimum absolute atomic E-state index is 0.360. The van der Waals surface area contributed by atoms with Crippen molar-refractivity contribution < 1.29 is 4.79 Å². The second kappa shape index (κ2) is 6.91. The van der Waals surface area contributed by atoms with Crippen LogP contribution in [0.3, 0.4) is 0 Å². The molecule has 1 nitrogen and oxygen atoms in total. The first-order valence-corrected chi connectivity index (χ1v) is 4.62. The lowest BCUT2D eigenvalue weighted by Crippen LogP contribution is -1.99. The molecule has 0 saturated carbocycles. The van der Waals surface area contributed by atoms with E-state index in [1.807, 2.05) is 0 Å². The lowest BCUT2D eigenvalue weighted by atomic mass is 10.0. The molecule has 12 heavy (non-hydrogen) atoms. The molecule has 0 aliphatic heterocycles. The van der Waals surface area contributed by atoms with Crippen molar-refractivity contribution in [1.82, 2.24) is 0 Å². The molecule has 0 atom stereocenters. The molecule has 68 valence electrons. The summed E-state index contributed by atoms with van der Waals surface area (Å²) >= 11 is 0. The van der Waals surface area contributed by atoms with Crippen molar-refractivity contribution in [2.75, 3.05) is 0 Å². The zero-order valence-corrected chi connectivity index (χ0v) is 8.10. The third-order valence-electron chi connectivity index (χ3n) is 1.78. The summed E-state index contributed by atoms with van der Waals surface area (Å²) in [4.78, 5) is 11.2. The SMILES string of the molecule is C#CCCCC(=O)CCC(C)C. The number of carbonyl (C=O) groups is 1. The van der Waals surface area contributed by atoms with Crippen LogP contribution in [-0.4, -0.2) is 5.78 Å². The summed E-state index contributed by atoms with van der Waals surface area (Å²) < 4.78 is 0. The fourth-order valence-corrected chi connectivity index (χ4v) is 0.962. The van der Waals surface area contributed by atoms with Crippen LogP contribution in [0.25, 0.3) is 0 Å². The first kappa shape index (κ1) is 11.2. The van der Waals surface area contributed by atoms with Crippen LogP contribution in [0.15, 0.2) is 0 Å².